The zero-order valence-corrected chi connectivity index (χ0v) is 17.0. The summed E-state index contributed by atoms with van der Waals surface area (Å²) in [6, 6.07) is 12.8. The van der Waals surface area contributed by atoms with Crippen LogP contribution in [0.2, 0.25) is 5.02 Å². The molecule has 0 aliphatic carbocycles. The number of hydrogen-bond donors (Lipinski definition) is 2. The van der Waals surface area contributed by atoms with Gasteiger partial charge < -0.3 is 15.0 Å². The number of nitrogens with one attached hydrogen (secondary N) is 2. The molecular formula is C22H21ClN2O4. The van der Waals surface area contributed by atoms with Gasteiger partial charge in [-0.1, -0.05) is 29.8 Å². The Balaban J connectivity index is 1.66. The van der Waals surface area contributed by atoms with E-state index in [0.717, 1.165) is 10.9 Å². The predicted octanol–water partition coefficient (Wildman–Crippen LogP) is 4.06. The molecule has 0 saturated heterocycles. The zero-order chi connectivity index (χ0) is 21.1. The summed E-state index contributed by atoms with van der Waals surface area (Å²) in [7, 11) is 0. The van der Waals surface area contributed by atoms with Gasteiger partial charge in [0.1, 0.15) is 6.04 Å². The fourth-order valence-electron chi connectivity index (χ4n) is 3.07. The summed E-state index contributed by atoms with van der Waals surface area (Å²) in [5.74, 6) is -1.42. The van der Waals surface area contributed by atoms with Gasteiger partial charge in [0, 0.05) is 32.7 Å². The second kappa shape index (κ2) is 8.49. The molecule has 0 spiro atoms. The third-order valence-electron chi connectivity index (χ3n) is 4.61. The third-order valence-corrected chi connectivity index (χ3v) is 4.86. The van der Waals surface area contributed by atoms with Crippen molar-refractivity contribution in [2.45, 2.75) is 32.9 Å². The van der Waals surface area contributed by atoms with Gasteiger partial charge >= 0.3 is 5.97 Å². The molecule has 2 aromatic carbocycles. The fraction of sp³-hybridized carbons (Fsp3) is 0.227. The van der Waals surface area contributed by atoms with E-state index in [4.69, 9.17) is 16.3 Å². The first-order valence-electron chi connectivity index (χ1n) is 9.16. The van der Waals surface area contributed by atoms with Gasteiger partial charge in [0.25, 0.3) is 5.91 Å². The number of benzene rings is 2. The summed E-state index contributed by atoms with van der Waals surface area (Å²) in [5, 5.41) is 3.85. The molecule has 2 N–H and O–H groups in total. The van der Waals surface area contributed by atoms with Crippen molar-refractivity contribution in [3.8, 4) is 0 Å². The number of ketones is 1. The highest BCUT2D eigenvalue weighted by Gasteiger charge is 2.27. The number of aromatic nitrogens is 1. The Bertz CT molecular complexity index is 1070. The summed E-state index contributed by atoms with van der Waals surface area (Å²) in [6.07, 6.45) is -0.990. The predicted molar refractivity (Wildman–Crippen MR) is 111 cm³/mol. The topological polar surface area (TPSA) is 88.3 Å². The van der Waals surface area contributed by atoms with Gasteiger partial charge in [-0.05, 0) is 51.1 Å². The number of ether oxygens (including phenoxy) is 1. The van der Waals surface area contributed by atoms with Gasteiger partial charge in [0.05, 0.1) is 0 Å². The lowest BCUT2D eigenvalue weighted by Crippen LogP contribution is -2.41. The van der Waals surface area contributed by atoms with Gasteiger partial charge in [-0.3, -0.25) is 9.59 Å². The number of para-hydroxylation sites is 1. The molecule has 0 unspecified atom stereocenters. The number of halogens is 1. The van der Waals surface area contributed by atoms with Gasteiger partial charge in [-0.25, -0.2) is 4.79 Å². The number of fused-ring (bicyclic) bond motifs is 1. The average Bonchev–Trinajstić information content (AvgIpc) is 3.03. The molecule has 1 heterocycles. The highest BCUT2D eigenvalue weighted by atomic mass is 35.5. The number of amides is 1. The Kier molecular flexibility index (Phi) is 6.03. The van der Waals surface area contributed by atoms with Crippen LogP contribution in [0.4, 0.5) is 0 Å². The van der Waals surface area contributed by atoms with Crippen LogP contribution in [-0.2, 0) is 9.53 Å². The summed E-state index contributed by atoms with van der Waals surface area (Å²) in [5.41, 5.74) is 2.42. The number of rotatable bonds is 6. The molecule has 0 radical (unpaired) electrons. The van der Waals surface area contributed by atoms with Crippen LogP contribution in [0.25, 0.3) is 10.9 Å². The number of hydrogen-bond acceptors (Lipinski definition) is 4. The summed E-state index contributed by atoms with van der Waals surface area (Å²) >= 11 is 5.81. The molecular weight excluding hydrogens is 392 g/mol. The number of carbonyl (C=O) groups is 3. The molecule has 0 fully saturated rings. The molecule has 0 saturated carbocycles. The molecule has 3 aromatic rings. The number of esters is 1. The summed E-state index contributed by atoms with van der Waals surface area (Å²) in [6.45, 7) is 4.83. The maximum Gasteiger partial charge on any atom is 0.329 e. The SMILES string of the molecule is Cc1[nH]c2ccccc2c1C(=O)[C@@H](C)OC(=O)[C@H](C)NC(=O)c1ccc(Cl)cc1. The van der Waals surface area contributed by atoms with Crippen molar-refractivity contribution in [1.29, 1.82) is 0 Å². The largest absolute Gasteiger partial charge is 0.453 e. The van der Waals surface area contributed by atoms with Crippen LogP contribution in [0.5, 0.6) is 0 Å². The molecule has 7 heteroatoms. The van der Waals surface area contributed by atoms with E-state index in [1.165, 1.54) is 13.8 Å². The standard InChI is InChI=1S/C22H21ClN2O4/c1-12-19(17-6-4-5-7-18(17)24-12)20(26)14(3)29-22(28)13(2)25-21(27)15-8-10-16(23)11-9-15/h4-11,13-14,24H,1-3H3,(H,25,27)/t13-,14+/m0/s1. The molecule has 0 aliphatic rings. The number of aromatic amines is 1. The second-order valence-electron chi connectivity index (χ2n) is 6.82. The number of aryl methyl sites for hydroxylation is 1. The molecule has 1 amide bonds. The Hall–Kier alpha value is -3.12. The fourth-order valence-corrected chi connectivity index (χ4v) is 3.19. The summed E-state index contributed by atoms with van der Waals surface area (Å²) in [4.78, 5) is 40.7. The third kappa shape index (κ3) is 4.49. The van der Waals surface area contributed by atoms with E-state index in [9.17, 15) is 14.4 Å². The Morgan fingerprint density at radius 3 is 2.38 bits per heavy atom. The molecule has 29 heavy (non-hydrogen) atoms. The lowest BCUT2D eigenvalue weighted by Gasteiger charge is -2.17. The van der Waals surface area contributed by atoms with E-state index in [1.807, 2.05) is 24.3 Å². The molecule has 6 nitrogen and oxygen atoms in total. The first-order chi connectivity index (χ1) is 13.8. The van der Waals surface area contributed by atoms with E-state index in [-0.39, 0.29) is 5.78 Å². The molecule has 0 bridgehead atoms. The molecule has 3 rings (SSSR count). The van der Waals surface area contributed by atoms with Gasteiger partial charge in [0.2, 0.25) is 5.78 Å². The maximum atomic E-state index is 12.9. The quantitative estimate of drug-likeness (QED) is 0.472. The number of carbonyl (C=O) groups excluding carboxylic acids is 3. The highest BCUT2D eigenvalue weighted by molar-refractivity contribution is 6.30. The van der Waals surface area contributed by atoms with E-state index in [1.54, 1.807) is 31.2 Å². The number of H-pyrrole nitrogens is 1. The minimum atomic E-state index is -0.990. The first-order valence-corrected chi connectivity index (χ1v) is 9.54. The maximum absolute atomic E-state index is 12.9. The van der Waals surface area contributed by atoms with Crippen molar-refractivity contribution in [2.24, 2.45) is 0 Å². The molecule has 0 aliphatic heterocycles. The average molecular weight is 413 g/mol. The number of Topliss-reactive ketones (excluding diaryl/α,β-unsaturated/α-hetero) is 1. The van der Waals surface area contributed by atoms with Crippen molar-refractivity contribution < 1.29 is 19.1 Å². The smallest absolute Gasteiger partial charge is 0.329 e. The van der Waals surface area contributed by atoms with E-state index < -0.39 is 24.0 Å². The van der Waals surface area contributed by atoms with Crippen LogP contribution in [0.3, 0.4) is 0 Å². The van der Waals surface area contributed by atoms with Crippen molar-refractivity contribution in [3.05, 3.63) is 70.4 Å². The van der Waals surface area contributed by atoms with Gasteiger partial charge in [0.15, 0.2) is 6.10 Å². The first kappa shape index (κ1) is 20.6. The minimum absolute atomic E-state index is 0.301. The summed E-state index contributed by atoms with van der Waals surface area (Å²) < 4.78 is 5.32. The minimum Gasteiger partial charge on any atom is -0.453 e. The van der Waals surface area contributed by atoms with Crippen LogP contribution < -0.4 is 5.32 Å². The Labute approximate surface area is 173 Å². The van der Waals surface area contributed by atoms with E-state index in [2.05, 4.69) is 10.3 Å². The van der Waals surface area contributed by atoms with Crippen LogP contribution in [0.15, 0.2) is 48.5 Å². The van der Waals surface area contributed by atoms with Crippen LogP contribution >= 0.6 is 11.6 Å². The normalized spacial score (nSPS) is 13.0. The van der Waals surface area contributed by atoms with Crippen molar-refractivity contribution in [2.75, 3.05) is 0 Å². The molecule has 1 aromatic heterocycles. The van der Waals surface area contributed by atoms with E-state index in [0.29, 0.717) is 21.8 Å². The van der Waals surface area contributed by atoms with Crippen LogP contribution in [-0.4, -0.2) is 34.8 Å². The highest BCUT2D eigenvalue weighted by Crippen LogP contribution is 2.24. The van der Waals surface area contributed by atoms with Gasteiger partial charge in [-0.15, -0.1) is 0 Å². The lowest BCUT2D eigenvalue weighted by molar-refractivity contribution is -0.148. The van der Waals surface area contributed by atoms with E-state index >= 15 is 0 Å². The van der Waals surface area contributed by atoms with Crippen LogP contribution in [0.1, 0.15) is 40.3 Å². The monoisotopic (exact) mass is 412 g/mol. The van der Waals surface area contributed by atoms with Gasteiger partial charge in [-0.2, -0.15) is 0 Å². The molecule has 150 valence electrons. The Morgan fingerprint density at radius 1 is 1.03 bits per heavy atom. The second-order valence-corrected chi connectivity index (χ2v) is 7.25. The van der Waals surface area contributed by atoms with Crippen LogP contribution in [0, 0.1) is 6.92 Å². The van der Waals surface area contributed by atoms with Crippen molar-refractivity contribution >= 4 is 40.2 Å². The van der Waals surface area contributed by atoms with Crippen molar-refractivity contribution in [3.63, 3.8) is 0 Å². The van der Waals surface area contributed by atoms with Crippen molar-refractivity contribution in [1.82, 2.24) is 10.3 Å². The Morgan fingerprint density at radius 2 is 1.69 bits per heavy atom. The molecule has 2 atom stereocenters. The zero-order valence-electron chi connectivity index (χ0n) is 16.3. The lowest BCUT2D eigenvalue weighted by atomic mass is 10.0.